The van der Waals surface area contributed by atoms with Crippen molar-refractivity contribution < 1.29 is 13.2 Å². The maximum absolute atomic E-state index is 12.6. The number of carbonyl (C=O) groups is 1. The van der Waals surface area contributed by atoms with E-state index in [-0.39, 0.29) is 17.6 Å². The number of hydrogen-bond acceptors (Lipinski definition) is 3. The molecule has 1 atom stereocenters. The van der Waals surface area contributed by atoms with Crippen LogP contribution >= 0.6 is 0 Å². The number of rotatable bonds is 4. The van der Waals surface area contributed by atoms with Crippen LogP contribution < -0.4 is 4.90 Å². The van der Waals surface area contributed by atoms with E-state index in [2.05, 4.69) is 13.8 Å². The zero-order chi connectivity index (χ0) is 16.5. The second kappa shape index (κ2) is 6.24. The average molecular weight is 321 g/mol. The van der Waals surface area contributed by atoms with Crippen LogP contribution in [0.2, 0.25) is 0 Å². The molecule has 0 radical (unpaired) electrons. The molecule has 0 N–H and O–H groups in total. The van der Waals surface area contributed by atoms with Crippen LogP contribution in [0.4, 0.5) is 5.69 Å². The molecule has 0 aromatic heterocycles. The van der Waals surface area contributed by atoms with Crippen LogP contribution in [0.5, 0.6) is 0 Å². The van der Waals surface area contributed by atoms with E-state index in [0.29, 0.717) is 5.92 Å². The molecule has 0 aliphatic carbocycles. The molecular formula is C17H23NO3S. The summed E-state index contributed by atoms with van der Waals surface area (Å²) in [5.74, 6) is 0.109. The average Bonchev–Trinajstić information content (AvgIpc) is 2.79. The fourth-order valence-electron chi connectivity index (χ4n) is 2.50. The van der Waals surface area contributed by atoms with Gasteiger partial charge in [0.15, 0.2) is 9.84 Å². The summed E-state index contributed by atoms with van der Waals surface area (Å²) in [6, 6.07) is 7.36. The third kappa shape index (κ3) is 3.58. The lowest BCUT2D eigenvalue weighted by atomic mass is 10.0. The van der Waals surface area contributed by atoms with Crippen LogP contribution in [0.25, 0.3) is 0 Å². The summed E-state index contributed by atoms with van der Waals surface area (Å²) in [5, 5.41) is 1.21. The molecule has 5 heteroatoms. The normalized spacial score (nSPS) is 19.8. The topological polar surface area (TPSA) is 54.5 Å². The van der Waals surface area contributed by atoms with Crippen LogP contribution in [-0.4, -0.2) is 26.1 Å². The maximum Gasteiger partial charge on any atom is 0.230 e. The van der Waals surface area contributed by atoms with Gasteiger partial charge in [0.1, 0.15) is 0 Å². The summed E-state index contributed by atoms with van der Waals surface area (Å²) >= 11 is 0. The summed E-state index contributed by atoms with van der Waals surface area (Å²) in [6.45, 7) is 7.87. The monoisotopic (exact) mass is 321 g/mol. The van der Waals surface area contributed by atoms with Gasteiger partial charge in [-0.25, -0.2) is 8.42 Å². The fourth-order valence-corrected chi connectivity index (χ4v) is 3.77. The summed E-state index contributed by atoms with van der Waals surface area (Å²) in [6.07, 6.45) is 1.60. The van der Waals surface area contributed by atoms with Crippen molar-refractivity contribution in [2.24, 2.45) is 5.92 Å². The molecule has 2 rings (SSSR count). The lowest BCUT2D eigenvalue weighted by Gasteiger charge is -2.29. The van der Waals surface area contributed by atoms with Gasteiger partial charge < -0.3 is 4.90 Å². The zero-order valence-electron chi connectivity index (χ0n) is 13.5. The highest BCUT2D eigenvalue weighted by Gasteiger charge is 2.32. The third-order valence-electron chi connectivity index (χ3n) is 3.81. The van der Waals surface area contributed by atoms with E-state index in [1.54, 1.807) is 11.0 Å². The molecule has 4 nitrogen and oxygen atoms in total. The molecule has 0 spiro atoms. The number of hydrogen-bond donors (Lipinski definition) is 0. The van der Waals surface area contributed by atoms with Crippen molar-refractivity contribution in [2.75, 3.05) is 10.7 Å². The summed E-state index contributed by atoms with van der Waals surface area (Å²) in [4.78, 5) is 14.2. The van der Waals surface area contributed by atoms with Gasteiger partial charge in [-0.1, -0.05) is 39.8 Å². The number of nitrogens with zero attached hydrogens (tertiary/aromatic N) is 1. The molecule has 1 aromatic rings. The molecule has 0 bridgehead atoms. The number of amides is 1. The zero-order valence-corrected chi connectivity index (χ0v) is 14.3. The van der Waals surface area contributed by atoms with Gasteiger partial charge in [-0.15, -0.1) is 0 Å². The van der Waals surface area contributed by atoms with Crippen LogP contribution in [-0.2, 0) is 14.6 Å². The fraction of sp³-hybridized carbons (Fsp3) is 0.471. The Hall–Kier alpha value is -1.62. The summed E-state index contributed by atoms with van der Waals surface area (Å²) in [5.41, 5.74) is 1.94. The quantitative estimate of drug-likeness (QED) is 0.856. The lowest BCUT2D eigenvalue weighted by molar-refractivity contribution is -0.121. The predicted molar refractivity (Wildman–Crippen MR) is 89.6 cm³/mol. The van der Waals surface area contributed by atoms with Crippen molar-refractivity contribution in [1.29, 1.82) is 0 Å². The molecule has 0 unspecified atom stereocenters. The molecule has 22 heavy (non-hydrogen) atoms. The smallest absolute Gasteiger partial charge is 0.230 e. The second-order valence-electron chi connectivity index (χ2n) is 6.33. The summed E-state index contributed by atoms with van der Waals surface area (Å²) < 4.78 is 23.4. The Morgan fingerprint density at radius 3 is 2.14 bits per heavy atom. The van der Waals surface area contributed by atoms with E-state index in [0.717, 1.165) is 5.69 Å². The standard InChI is InChI=1S/C17H23NO3S/c1-12(2)14-5-7-15(8-6-14)18(17(19)13(3)4)16-9-10-22(20,21)11-16/h5-10,12-13,16H,11H2,1-4H3/t16-/m1/s1. The molecule has 0 saturated carbocycles. The molecule has 0 fully saturated rings. The molecule has 1 aromatic carbocycles. The van der Waals surface area contributed by atoms with Gasteiger partial charge in [-0.05, 0) is 29.7 Å². The minimum Gasteiger partial charge on any atom is -0.304 e. The van der Waals surface area contributed by atoms with Crippen molar-refractivity contribution in [3.63, 3.8) is 0 Å². The van der Waals surface area contributed by atoms with Crippen molar-refractivity contribution in [3.8, 4) is 0 Å². The van der Waals surface area contributed by atoms with Crippen molar-refractivity contribution >= 4 is 21.4 Å². The van der Waals surface area contributed by atoms with Gasteiger partial charge >= 0.3 is 0 Å². The first kappa shape index (κ1) is 16.7. The Morgan fingerprint density at radius 1 is 1.14 bits per heavy atom. The van der Waals surface area contributed by atoms with E-state index in [9.17, 15) is 13.2 Å². The molecule has 1 aliphatic rings. The van der Waals surface area contributed by atoms with Crippen molar-refractivity contribution in [2.45, 2.75) is 39.7 Å². The minimum atomic E-state index is -3.20. The Morgan fingerprint density at radius 2 is 1.73 bits per heavy atom. The molecule has 0 saturated heterocycles. The van der Waals surface area contributed by atoms with E-state index in [4.69, 9.17) is 0 Å². The Kier molecular flexibility index (Phi) is 4.75. The van der Waals surface area contributed by atoms with Gasteiger partial charge in [0.2, 0.25) is 5.91 Å². The third-order valence-corrected chi connectivity index (χ3v) is 5.19. The van der Waals surface area contributed by atoms with E-state index >= 15 is 0 Å². The number of carbonyl (C=O) groups excluding carboxylic acids is 1. The number of sulfone groups is 1. The highest BCUT2D eigenvalue weighted by Crippen LogP contribution is 2.26. The molecular weight excluding hydrogens is 298 g/mol. The Labute approximate surface area is 132 Å². The van der Waals surface area contributed by atoms with Gasteiger partial charge in [0.05, 0.1) is 11.8 Å². The SMILES string of the molecule is CC(C)C(=O)N(c1ccc(C(C)C)cc1)[C@@H]1C=CS(=O)(=O)C1. The van der Waals surface area contributed by atoms with Gasteiger partial charge in [0, 0.05) is 17.0 Å². The first-order chi connectivity index (χ1) is 10.2. The highest BCUT2D eigenvalue weighted by atomic mass is 32.2. The first-order valence-electron chi connectivity index (χ1n) is 7.55. The van der Waals surface area contributed by atoms with Crippen molar-refractivity contribution in [1.82, 2.24) is 0 Å². The first-order valence-corrected chi connectivity index (χ1v) is 9.27. The predicted octanol–water partition coefficient (Wildman–Crippen LogP) is 3.11. The summed E-state index contributed by atoms with van der Waals surface area (Å²) in [7, 11) is -3.20. The van der Waals surface area contributed by atoms with Crippen LogP contribution in [0.3, 0.4) is 0 Å². The molecule has 1 aliphatic heterocycles. The largest absolute Gasteiger partial charge is 0.304 e. The van der Waals surface area contributed by atoms with Crippen molar-refractivity contribution in [3.05, 3.63) is 41.3 Å². The molecule has 120 valence electrons. The van der Waals surface area contributed by atoms with Crippen LogP contribution in [0.1, 0.15) is 39.2 Å². The van der Waals surface area contributed by atoms with Gasteiger partial charge in [-0.2, -0.15) is 0 Å². The maximum atomic E-state index is 12.6. The molecule has 1 amide bonds. The Balaban J connectivity index is 2.37. The Bertz CT molecular complexity index is 672. The second-order valence-corrected chi connectivity index (χ2v) is 8.27. The minimum absolute atomic E-state index is 0.0443. The molecule has 1 heterocycles. The highest BCUT2D eigenvalue weighted by molar-refractivity contribution is 7.94. The van der Waals surface area contributed by atoms with E-state index < -0.39 is 15.9 Å². The number of benzene rings is 1. The van der Waals surface area contributed by atoms with E-state index in [1.165, 1.54) is 11.0 Å². The van der Waals surface area contributed by atoms with Gasteiger partial charge in [0.25, 0.3) is 0 Å². The van der Waals surface area contributed by atoms with E-state index in [1.807, 2.05) is 38.1 Å². The van der Waals surface area contributed by atoms with Gasteiger partial charge in [-0.3, -0.25) is 4.79 Å². The lowest BCUT2D eigenvalue weighted by Crippen LogP contribution is -2.43. The van der Waals surface area contributed by atoms with Crippen LogP contribution in [0.15, 0.2) is 35.7 Å². The van der Waals surface area contributed by atoms with Crippen LogP contribution in [0, 0.1) is 5.92 Å². The number of anilines is 1.